The Morgan fingerprint density at radius 3 is 2.81 bits per heavy atom. The highest BCUT2D eigenvalue weighted by Crippen LogP contribution is 2.30. The molecule has 3 heteroatoms. The third-order valence-electron chi connectivity index (χ3n) is 4.27. The first-order valence-electron chi connectivity index (χ1n) is 7.72. The van der Waals surface area contributed by atoms with Gasteiger partial charge in [-0.1, -0.05) is 31.2 Å². The summed E-state index contributed by atoms with van der Waals surface area (Å²) in [6.45, 7) is 3.64. The van der Waals surface area contributed by atoms with E-state index in [1.54, 1.807) is 0 Å². The Kier molecular flexibility index (Phi) is 3.82. The van der Waals surface area contributed by atoms with Crippen LogP contribution < -0.4 is 0 Å². The van der Waals surface area contributed by atoms with Gasteiger partial charge in [0.25, 0.3) is 0 Å². The molecule has 0 bridgehead atoms. The lowest BCUT2D eigenvalue weighted by Gasteiger charge is -2.26. The lowest BCUT2D eigenvalue weighted by Crippen LogP contribution is -2.34. The molecular weight excluding hydrogens is 260 g/mol. The van der Waals surface area contributed by atoms with E-state index < -0.39 is 0 Å². The number of carbonyl (C=O) groups is 1. The van der Waals surface area contributed by atoms with Crippen LogP contribution in [0.4, 0.5) is 0 Å². The van der Waals surface area contributed by atoms with Crippen molar-refractivity contribution in [3.05, 3.63) is 42.1 Å². The number of amides is 1. The minimum atomic E-state index is 0.283. The minimum Gasteiger partial charge on any atom is -0.350 e. The lowest BCUT2D eigenvalue weighted by atomic mass is 9.99. The zero-order valence-corrected chi connectivity index (χ0v) is 12.8. The van der Waals surface area contributed by atoms with E-state index in [2.05, 4.69) is 55.1 Å². The molecule has 3 rings (SSSR count). The van der Waals surface area contributed by atoms with Gasteiger partial charge in [-0.05, 0) is 24.5 Å². The molecule has 1 amide bonds. The number of para-hydroxylation sites is 1. The highest BCUT2D eigenvalue weighted by Gasteiger charge is 2.19. The van der Waals surface area contributed by atoms with E-state index in [-0.39, 0.29) is 5.91 Å². The van der Waals surface area contributed by atoms with Gasteiger partial charge >= 0.3 is 0 Å². The number of hydrogen-bond donors (Lipinski definition) is 0. The molecule has 0 atom stereocenters. The molecule has 0 saturated heterocycles. The maximum Gasteiger partial charge on any atom is 0.222 e. The predicted molar refractivity (Wildman–Crippen MR) is 87.0 cm³/mol. The van der Waals surface area contributed by atoms with Crippen molar-refractivity contribution in [3.63, 3.8) is 0 Å². The molecule has 2 aromatic rings. The quantitative estimate of drug-likeness (QED) is 0.844. The van der Waals surface area contributed by atoms with Crippen molar-refractivity contribution in [2.45, 2.75) is 26.2 Å². The fraction of sp³-hybridized carbons (Fsp3) is 0.389. The van der Waals surface area contributed by atoms with Gasteiger partial charge in [0.05, 0.1) is 0 Å². The summed E-state index contributed by atoms with van der Waals surface area (Å²) in [4.78, 5) is 13.9. The molecule has 0 unspecified atom stereocenters. The summed E-state index contributed by atoms with van der Waals surface area (Å²) in [5.41, 5.74) is 3.95. The molecule has 1 aliphatic heterocycles. The maximum absolute atomic E-state index is 12.0. The largest absolute Gasteiger partial charge is 0.350 e. The van der Waals surface area contributed by atoms with Gasteiger partial charge in [-0.15, -0.1) is 0 Å². The Bertz CT molecular complexity index is 696. The second-order valence-corrected chi connectivity index (χ2v) is 5.74. The van der Waals surface area contributed by atoms with E-state index in [9.17, 15) is 4.79 Å². The molecule has 1 aliphatic rings. The van der Waals surface area contributed by atoms with Crippen LogP contribution in [0.15, 0.2) is 36.5 Å². The van der Waals surface area contributed by atoms with E-state index >= 15 is 0 Å². The molecule has 0 N–H and O–H groups in total. The standard InChI is InChI=1S/C18H22N2O/c1-3-6-18(21)20-11-9-14(10-12-20)16-13-19(2)17-8-5-4-7-15(16)17/h4-5,7-9,13H,3,6,10-12H2,1-2H3. The summed E-state index contributed by atoms with van der Waals surface area (Å²) < 4.78 is 2.18. The van der Waals surface area contributed by atoms with Crippen molar-refractivity contribution in [1.29, 1.82) is 0 Å². The Labute approximate surface area is 125 Å². The number of rotatable bonds is 3. The normalized spacial score (nSPS) is 15.3. The van der Waals surface area contributed by atoms with Crippen LogP contribution in [0.3, 0.4) is 0 Å². The first-order valence-corrected chi connectivity index (χ1v) is 7.72. The summed E-state index contributed by atoms with van der Waals surface area (Å²) in [7, 11) is 2.09. The van der Waals surface area contributed by atoms with Crippen LogP contribution in [0.2, 0.25) is 0 Å². The van der Waals surface area contributed by atoms with Gasteiger partial charge in [0.1, 0.15) is 0 Å². The van der Waals surface area contributed by atoms with E-state index in [0.717, 1.165) is 25.9 Å². The van der Waals surface area contributed by atoms with E-state index in [1.807, 2.05) is 4.90 Å². The van der Waals surface area contributed by atoms with Crippen LogP contribution >= 0.6 is 0 Å². The topological polar surface area (TPSA) is 25.2 Å². The van der Waals surface area contributed by atoms with Crippen molar-refractivity contribution >= 4 is 22.4 Å². The van der Waals surface area contributed by atoms with Crippen LogP contribution in [-0.2, 0) is 11.8 Å². The van der Waals surface area contributed by atoms with Crippen LogP contribution in [0.5, 0.6) is 0 Å². The molecule has 3 nitrogen and oxygen atoms in total. The Morgan fingerprint density at radius 2 is 2.10 bits per heavy atom. The van der Waals surface area contributed by atoms with Gasteiger partial charge in [-0.3, -0.25) is 4.79 Å². The Balaban J connectivity index is 1.86. The second kappa shape index (κ2) is 5.76. The van der Waals surface area contributed by atoms with Crippen LogP contribution in [0.25, 0.3) is 16.5 Å². The molecule has 0 radical (unpaired) electrons. The summed E-state index contributed by atoms with van der Waals surface area (Å²) in [6.07, 6.45) is 6.97. The van der Waals surface area contributed by atoms with E-state index in [4.69, 9.17) is 0 Å². The molecule has 1 aromatic heterocycles. The number of carbonyl (C=O) groups excluding carboxylic acids is 1. The fourth-order valence-corrected chi connectivity index (χ4v) is 3.11. The minimum absolute atomic E-state index is 0.283. The third kappa shape index (κ3) is 2.60. The Hall–Kier alpha value is -2.03. The van der Waals surface area contributed by atoms with E-state index in [0.29, 0.717) is 6.42 Å². The summed E-state index contributed by atoms with van der Waals surface area (Å²) in [5, 5.41) is 1.31. The van der Waals surface area contributed by atoms with Crippen molar-refractivity contribution in [2.24, 2.45) is 7.05 Å². The zero-order valence-electron chi connectivity index (χ0n) is 12.8. The summed E-state index contributed by atoms with van der Waals surface area (Å²) in [6, 6.07) is 8.50. The zero-order chi connectivity index (χ0) is 14.8. The number of aromatic nitrogens is 1. The summed E-state index contributed by atoms with van der Waals surface area (Å²) in [5.74, 6) is 0.283. The van der Waals surface area contributed by atoms with Crippen LogP contribution in [-0.4, -0.2) is 28.5 Å². The smallest absolute Gasteiger partial charge is 0.222 e. The van der Waals surface area contributed by atoms with Crippen molar-refractivity contribution in [3.8, 4) is 0 Å². The number of aryl methyl sites for hydroxylation is 1. The third-order valence-corrected chi connectivity index (χ3v) is 4.27. The molecule has 110 valence electrons. The second-order valence-electron chi connectivity index (χ2n) is 5.74. The van der Waals surface area contributed by atoms with Gasteiger partial charge in [-0.25, -0.2) is 0 Å². The maximum atomic E-state index is 12.0. The molecule has 0 saturated carbocycles. The number of hydrogen-bond acceptors (Lipinski definition) is 1. The molecule has 1 aromatic carbocycles. The molecule has 0 fully saturated rings. The molecule has 21 heavy (non-hydrogen) atoms. The first kappa shape index (κ1) is 13.9. The number of benzene rings is 1. The van der Waals surface area contributed by atoms with E-state index in [1.165, 1.54) is 22.0 Å². The van der Waals surface area contributed by atoms with Gasteiger partial charge in [0, 0.05) is 49.2 Å². The average molecular weight is 282 g/mol. The Morgan fingerprint density at radius 1 is 1.29 bits per heavy atom. The molecule has 0 spiro atoms. The highest BCUT2D eigenvalue weighted by molar-refractivity contribution is 5.93. The van der Waals surface area contributed by atoms with Gasteiger partial charge in [-0.2, -0.15) is 0 Å². The van der Waals surface area contributed by atoms with Gasteiger partial charge < -0.3 is 9.47 Å². The van der Waals surface area contributed by atoms with Crippen molar-refractivity contribution in [1.82, 2.24) is 9.47 Å². The van der Waals surface area contributed by atoms with Crippen molar-refractivity contribution in [2.75, 3.05) is 13.1 Å². The monoisotopic (exact) mass is 282 g/mol. The molecule has 0 aliphatic carbocycles. The van der Waals surface area contributed by atoms with Gasteiger partial charge in [0.15, 0.2) is 0 Å². The van der Waals surface area contributed by atoms with Crippen LogP contribution in [0.1, 0.15) is 31.7 Å². The molecule has 2 heterocycles. The fourth-order valence-electron chi connectivity index (χ4n) is 3.11. The SMILES string of the molecule is CCCC(=O)N1CC=C(c2cn(C)c3ccccc23)CC1. The highest BCUT2D eigenvalue weighted by atomic mass is 16.2. The van der Waals surface area contributed by atoms with Crippen LogP contribution in [0, 0.1) is 0 Å². The predicted octanol–water partition coefficient (Wildman–Crippen LogP) is 3.59. The number of fused-ring (bicyclic) bond motifs is 1. The first-order chi connectivity index (χ1) is 10.2. The number of nitrogens with zero attached hydrogens (tertiary/aromatic N) is 2. The average Bonchev–Trinajstić information content (AvgIpc) is 2.85. The van der Waals surface area contributed by atoms with Gasteiger partial charge in [0.2, 0.25) is 5.91 Å². The molecular formula is C18H22N2O. The van der Waals surface area contributed by atoms with Crippen molar-refractivity contribution < 1.29 is 4.79 Å². The lowest BCUT2D eigenvalue weighted by molar-refractivity contribution is -0.130. The summed E-state index contributed by atoms with van der Waals surface area (Å²) >= 11 is 0.